The predicted octanol–water partition coefficient (Wildman–Crippen LogP) is 5.01. The number of rotatable bonds is 10. The van der Waals surface area contributed by atoms with Crippen LogP contribution >= 0.6 is 11.6 Å². The van der Waals surface area contributed by atoms with Crippen molar-refractivity contribution in [3.8, 4) is 11.1 Å². The summed E-state index contributed by atoms with van der Waals surface area (Å²) >= 11 is 6.80. The van der Waals surface area contributed by atoms with Gasteiger partial charge in [0.2, 0.25) is 11.8 Å². The summed E-state index contributed by atoms with van der Waals surface area (Å²) in [7, 11) is 0. The molecule has 2 unspecified atom stereocenters. The molecule has 38 heavy (non-hydrogen) atoms. The fourth-order valence-corrected chi connectivity index (χ4v) is 5.78. The van der Waals surface area contributed by atoms with Crippen LogP contribution in [0.5, 0.6) is 0 Å². The van der Waals surface area contributed by atoms with E-state index in [1.807, 2.05) is 55.1 Å². The third kappa shape index (κ3) is 6.45. The number of amides is 2. The van der Waals surface area contributed by atoms with E-state index in [9.17, 15) is 14.7 Å². The Hall–Kier alpha value is -3.16. The number of piperidine rings is 1. The third-order valence-electron chi connectivity index (χ3n) is 7.50. The maximum Gasteiger partial charge on any atom is 0.228 e. The first-order chi connectivity index (χ1) is 18.3. The molecule has 2 heterocycles. The molecular formula is C30H37ClN4O3. The molecule has 202 valence electrons. The Bertz CT molecular complexity index is 1250. The first-order valence-electron chi connectivity index (χ1n) is 13.4. The molecule has 2 amide bonds. The number of nitrogens with one attached hydrogen (secondary N) is 2. The lowest BCUT2D eigenvalue weighted by molar-refractivity contribution is -0.136. The Kier molecular flexibility index (Phi) is 9.23. The van der Waals surface area contributed by atoms with E-state index in [0.29, 0.717) is 49.6 Å². The number of carbonyl (C=O) groups excluding carboxylic acids is 2. The van der Waals surface area contributed by atoms with Gasteiger partial charge in [0.1, 0.15) is 0 Å². The Morgan fingerprint density at radius 1 is 1.26 bits per heavy atom. The quantitative estimate of drug-likeness (QED) is 0.317. The van der Waals surface area contributed by atoms with Crippen molar-refractivity contribution in [2.45, 2.75) is 58.0 Å². The number of aliphatic hydroxyl groups is 1. The molecule has 3 aromatic rings. The second-order valence-electron chi connectivity index (χ2n) is 10.2. The van der Waals surface area contributed by atoms with Crippen LogP contribution in [0.15, 0.2) is 55.0 Å². The summed E-state index contributed by atoms with van der Waals surface area (Å²) in [5.41, 5.74) is 3.10. The number of likely N-dealkylation sites (tertiary alicyclic amines) is 1. The van der Waals surface area contributed by atoms with Crippen LogP contribution in [0.4, 0.5) is 0 Å². The molecule has 0 saturated carbocycles. The Balaban J connectivity index is 1.67. The van der Waals surface area contributed by atoms with Crippen molar-refractivity contribution in [3.63, 3.8) is 0 Å². The number of aromatic nitrogens is 2. The molecule has 2 atom stereocenters. The topological polar surface area (TPSA) is 98.3 Å². The molecule has 1 aromatic heterocycles. The second kappa shape index (κ2) is 12.6. The molecule has 0 aliphatic carbocycles. The first kappa shape index (κ1) is 27.9. The lowest BCUT2D eigenvalue weighted by Gasteiger charge is -2.44. The minimum Gasteiger partial charge on any atom is -0.385 e. The van der Waals surface area contributed by atoms with Gasteiger partial charge in [0.25, 0.3) is 0 Å². The van der Waals surface area contributed by atoms with Gasteiger partial charge < -0.3 is 20.3 Å². The maximum absolute atomic E-state index is 13.1. The minimum absolute atomic E-state index is 0.00404. The smallest absolute Gasteiger partial charge is 0.228 e. The molecular weight excluding hydrogens is 500 g/mol. The van der Waals surface area contributed by atoms with Gasteiger partial charge >= 0.3 is 0 Å². The van der Waals surface area contributed by atoms with Crippen molar-refractivity contribution in [3.05, 3.63) is 76.8 Å². The zero-order valence-electron chi connectivity index (χ0n) is 22.2. The summed E-state index contributed by atoms with van der Waals surface area (Å²) in [6.07, 6.45) is 6.57. The van der Waals surface area contributed by atoms with E-state index in [2.05, 4.69) is 21.4 Å². The van der Waals surface area contributed by atoms with Crippen molar-refractivity contribution in [2.24, 2.45) is 5.92 Å². The molecule has 1 fully saturated rings. The molecule has 7 nitrogen and oxygen atoms in total. The van der Waals surface area contributed by atoms with Crippen LogP contribution in [0.25, 0.3) is 11.1 Å². The van der Waals surface area contributed by atoms with Gasteiger partial charge in [0, 0.05) is 48.8 Å². The van der Waals surface area contributed by atoms with Crippen molar-refractivity contribution < 1.29 is 14.7 Å². The van der Waals surface area contributed by atoms with Gasteiger partial charge in [-0.1, -0.05) is 60.5 Å². The lowest BCUT2D eigenvalue weighted by atomic mass is 9.72. The number of hydrogen-bond donors (Lipinski definition) is 3. The van der Waals surface area contributed by atoms with Gasteiger partial charge in [-0.2, -0.15) is 0 Å². The number of carbonyl (C=O) groups is 2. The Labute approximate surface area is 229 Å². The number of aromatic amines is 1. The molecule has 0 radical (unpaired) electrons. The number of aryl methyl sites for hydroxylation is 1. The largest absolute Gasteiger partial charge is 0.385 e. The summed E-state index contributed by atoms with van der Waals surface area (Å²) in [6.45, 7) is 5.43. The van der Waals surface area contributed by atoms with E-state index >= 15 is 0 Å². The molecule has 2 aromatic carbocycles. The number of H-pyrrole nitrogens is 1. The van der Waals surface area contributed by atoms with E-state index < -0.39 is 5.60 Å². The zero-order chi connectivity index (χ0) is 27.1. The average Bonchev–Trinajstić information content (AvgIpc) is 3.43. The highest BCUT2D eigenvalue weighted by molar-refractivity contribution is 6.33. The van der Waals surface area contributed by atoms with E-state index in [4.69, 9.17) is 11.6 Å². The highest BCUT2D eigenvalue weighted by Crippen LogP contribution is 2.45. The van der Waals surface area contributed by atoms with Crippen LogP contribution in [-0.4, -0.2) is 51.4 Å². The SMILES string of the molecule is CCC(=O)NCCCC(O)(c1cccc(Cl)c1-c1cccc(C)c1)C1CCCN(C(=O)Cc2c[nH]cn2)C1. The molecule has 8 heteroatoms. The van der Waals surface area contributed by atoms with Crippen LogP contribution in [0.3, 0.4) is 0 Å². The van der Waals surface area contributed by atoms with Crippen LogP contribution in [-0.2, 0) is 21.6 Å². The highest BCUT2D eigenvalue weighted by atomic mass is 35.5. The summed E-state index contributed by atoms with van der Waals surface area (Å²) in [5, 5.41) is 16.1. The lowest BCUT2D eigenvalue weighted by Crippen LogP contribution is -2.49. The Morgan fingerprint density at radius 2 is 2.08 bits per heavy atom. The maximum atomic E-state index is 13.1. The van der Waals surface area contributed by atoms with Crippen LogP contribution in [0, 0.1) is 12.8 Å². The fraction of sp³-hybridized carbons (Fsp3) is 0.433. The first-order valence-corrected chi connectivity index (χ1v) is 13.8. The van der Waals surface area contributed by atoms with Gasteiger partial charge in [-0.05, 0) is 49.8 Å². The predicted molar refractivity (Wildman–Crippen MR) is 150 cm³/mol. The van der Waals surface area contributed by atoms with Crippen LogP contribution < -0.4 is 5.32 Å². The fourth-order valence-electron chi connectivity index (χ4n) is 5.50. The third-order valence-corrected chi connectivity index (χ3v) is 7.82. The molecule has 0 spiro atoms. The zero-order valence-corrected chi connectivity index (χ0v) is 22.9. The van der Waals surface area contributed by atoms with Gasteiger partial charge in [-0.3, -0.25) is 9.59 Å². The summed E-state index contributed by atoms with van der Waals surface area (Å²) in [6, 6.07) is 13.8. The van der Waals surface area contributed by atoms with Crippen molar-refractivity contribution in [2.75, 3.05) is 19.6 Å². The standard InChI is InChI=1S/C30H37ClN4O3/c1-3-27(36)33-14-7-13-30(38,23-10-6-15-35(19-23)28(37)17-24-18-32-20-34-24)25-11-5-12-26(31)29(25)22-9-4-8-21(2)16-22/h4-5,8-9,11-12,16,18,20,23,38H,3,6-7,10,13-15,17,19H2,1-2H3,(H,32,34)(H,33,36). The summed E-state index contributed by atoms with van der Waals surface area (Å²) in [5.74, 6) is -0.197. The van der Waals surface area contributed by atoms with E-state index in [1.165, 1.54) is 0 Å². The number of halogens is 1. The molecule has 4 rings (SSSR count). The molecule has 3 N–H and O–H groups in total. The summed E-state index contributed by atoms with van der Waals surface area (Å²) in [4.78, 5) is 33.9. The van der Waals surface area contributed by atoms with E-state index in [0.717, 1.165) is 35.1 Å². The monoisotopic (exact) mass is 536 g/mol. The van der Waals surface area contributed by atoms with Crippen molar-refractivity contribution in [1.82, 2.24) is 20.2 Å². The number of nitrogens with zero attached hydrogens (tertiary/aromatic N) is 2. The summed E-state index contributed by atoms with van der Waals surface area (Å²) < 4.78 is 0. The van der Waals surface area contributed by atoms with Gasteiger partial charge in [-0.25, -0.2) is 4.98 Å². The van der Waals surface area contributed by atoms with Crippen LogP contribution in [0.2, 0.25) is 5.02 Å². The number of hydrogen-bond acceptors (Lipinski definition) is 4. The molecule has 1 saturated heterocycles. The minimum atomic E-state index is -1.24. The molecule has 0 bridgehead atoms. The van der Waals surface area contributed by atoms with Gasteiger partial charge in [0.05, 0.1) is 24.0 Å². The molecule has 1 aliphatic heterocycles. The van der Waals surface area contributed by atoms with E-state index in [-0.39, 0.29) is 24.2 Å². The highest BCUT2D eigenvalue weighted by Gasteiger charge is 2.42. The normalized spacial score (nSPS) is 17.2. The van der Waals surface area contributed by atoms with Gasteiger partial charge in [0.15, 0.2) is 0 Å². The Morgan fingerprint density at radius 3 is 2.82 bits per heavy atom. The number of imidazole rings is 1. The van der Waals surface area contributed by atoms with E-state index in [1.54, 1.807) is 12.5 Å². The van der Waals surface area contributed by atoms with Crippen molar-refractivity contribution in [1.29, 1.82) is 0 Å². The average molecular weight is 537 g/mol. The second-order valence-corrected chi connectivity index (χ2v) is 10.6. The number of benzene rings is 2. The molecule has 1 aliphatic rings. The van der Waals surface area contributed by atoms with Gasteiger partial charge in [-0.15, -0.1) is 0 Å². The van der Waals surface area contributed by atoms with Crippen molar-refractivity contribution >= 4 is 23.4 Å². The van der Waals surface area contributed by atoms with Crippen LogP contribution in [0.1, 0.15) is 55.8 Å².